The first-order chi connectivity index (χ1) is 17.6. The van der Waals surface area contributed by atoms with Crippen molar-refractivity contribution in [1.29, 1.82) is 0 Å². The van der Waals surface area contributed by atoms with E-state index in [1.54, 1.807) is 0 Å². The van der Waals surface area contributed by atoms with Crippen LogP contribution < -0.4 is 9.22 Å². The fraction of sp³-hybridized carbons (Fsp3) is 0.400. The quantitative estimate of drug-likeness (QED) is 0.135. The first-order valence-corrected chi connectivity index (χ1v) is 21.0. The van der Waals surface area contributed by atoms with Crippen molar-refractivity contribution >= 4 is 36.8 Å². The number of para-hydroxylation sites is 3. The molecule has 0 spiro atoms. The van der Waals surface area contributed by atoms with Gasteiger partial charge >= 0.3 is 138 Å². The van der Waals surface area contributed by atoms with Gasteiger partial charge in [0.15, 0.2) is 0 Å². The van der Waals surface area contributed by atoms with Crippen LogP contribution in [-0.4, -0.2) is 58.0 Å². The Morgan fingerprint density at radius 2 is 0.649 bits per heavy atom. The SMILES string of the molecule is CCP(CC)CC.CCP(CC)CC.[Pt].c1ccc([O][SnH]([O]c2ccccc2)[O]c2ccccc2)cc1. The van der Waals surface area contributed by atoms with E-state index in [0.29, 0.717) is 15.8 Å². The minimum absolute atomic E-state index is 0. The van der Waals surface area contributed by atoms with Gasteiger partial charge in [-0.05, 0) is 37.0 Å². The summed E-state index contributed by atoms with van der Waals surface area (Å²) in [6.07, 6.45) is 8.51. The average molecular weight is 830 g/mol. The third-order valence-electron chi connectivity index (χ3n) is 5.61. The van der Waals surface area contributed by atoms with Crippen LogP contribution in [0.5, 0.6) is 17.2 Å². The zero-order valence-corrected chi connectivity index (χ0v) is 30.8. The molecule has 0 aliphatic carbocycles. The van der Waals surface area contributed by atoms with Gasteiger partial charge in [0.1, 0.15) is 0 Å². The Morgan fingerprint density at radius 1 is 0.432 bits per heavy atom. The standard InChI is InChI=1S/3C6H6O.2C6H15P.Pt.Sn.H/c3*7-6-4-2-1-3-5-6;2*1-4-7(5-2)6-3;;;/h3*1-5,7H;2*4-6H2,1-3H3;;;/q;;;;;;+3;/p-3. The van der Waals surface area contributed by atoms with E-state index in [9.17, 15) is 0 Å². The van der Waals surface area contributed by atoms with Gasteiger partial charge in [0.25, 0.3) is 0 Å². The van der Waals surface area contributed by atoms with Crippen molar-refractivity contribution in [3.8, 4) is 17.2 Å². The number of benzene rings is 3. The maximum absolute atomic E-state index is 5.99. The Kier molecular flexibility index (Phi) is 24.1. The number of hydrogen-bond acceptors (Lipinski definition) is 3. The van der Waals surface area contributed by atoms with Crippen LogP contribution in [0.15, 0.2) is 91.0 Å². The van der Waals surface area contributed by atoms with Gasteiger partial charge in [-0.15, -0.1) is 15.8 Å². The molecule has 0 saturated carbocycles. The van der Waals surface area contributed by atoms with Crippen LogP contribution in [0, 0.1) is 0 Å². The third kappa shape index (κ3) is 17.6. The van der Waals surface area contributed by atoms with E-state index < -0.39 is 21.0 Å². The Morgan fingerprint density at radius 3 is 0.811 bits per heavy atom. The third-order valence-corrected chi connectivity index (χ3v) is 15.0. The molecule has 0 aliphatic rings. The van der Waals surface area contributed by atoms with Crippen molar-refractivity contribution in [3.05, 3.63) is 91.0 Å². The minimum atomic E-state index is -3.20. The molecule has 0 N–H and O–H groups in total. The monoisotopic (exact) mass is 831 g/mol. The van der Waals surface area contributed by atoms with E-state index >= 15 is 0 Å². The van der Waals surface area contributed by atoms with Gasteiger partial charge in [-0.3, -0.25) is 0 Å². The molecule has 3 nitrogen and oxygen atoms in total. The van der Waals surface area contributed by atoms with E-state index in [-0.39, 0.29) is 21.1 Å². The van der Waals surface area contributed by atoms with E-state index in [1.807, 2.05) is 91.0 Å². The van der Waals surface area contributed by atoms with Crippen molar-refractivity contribution < 1.29 is 30.3 Å². The zero-order chi connectivity index (χ0) is 26.4. The fourth-order valence-electron chi connectivity index (χ4n) is 3.24. The summed E-state index contributed by atoms with van der Waals surface area (Å²) in [5, 5.41) is 0. The topological polar surface area (TPSA) is 27.7 Å². The van der Waals surface area contributed by atoms with Gasteiger partial charge in [0.2, 0.25) is 0 Å². The average Bonchev–Trinajstić information content (AvgIpc) is 2.93. The Balaban J connectivity index is 0.000000720. The number of hydrogen-bond donors (Lipinski definition) is 0. The predicted octanol–water partition coefficient (Wildman–Crippen LogP) is 8.99. The Hall–Kier alpha value is -0.593. The van der Waals surface area contributed by atoms with Gasteiger partial charge in [-0.2, -0.15) is 0 Å². The molecular formula is C30H46O3P2PtSn. The van der Waals surface area contributed by atoms with E-state index in [4.69, 9.17) is 9.22 Å². The second kappa shape index (κ2) is 24.4. The first-order valence-electron chi connectivity index (χ1n) is 13.2. The van der Waals surface area contributed by atoms with E-state index in [1.165, 1.54) is 37.0 Å². The van der Waals surface area contributed by atoms with Crippen LogP contribution in [0.25, 0.3) is 0 Å². The Labute approximate surface area is 252 Å². The van der Waals surface area contributed by atoms with Crippen molar-refractivity contribution in [1.82, 2.24) is 0 Å². The summed E-state index contributed by atoms with van der Waals surface area (Å²) >= 11 is -3.20. The Bertz CT molecular complexity index is 746. The van der Waals surface area contributed by atoms with Crippen molar-refractivity contribution in [2.75, 3.05) is 37.0 Å². The van der Waals surface area contributed by atoms with Crippen LogP contribution in [0.2, 0.25) is 0 Å². The van der Waals surface area contributed by atoms with Crippen molar-refractivity contribution in [2.45, 2.75) is 41.5 Å². The molecule has 0 radical (unpaired) electrons. The van der Waals surface area contributed by atoms with Crippen LogP contribution in [0.4, 0.5) is 0 Å². The van der Waals surface area contributed by atoms with Gasteiger partial charge in [-0.1, -0.05) is 41.5 Å². The summed E-state index contributed by atoms with van der Waals surface area (Å²) in [5.74, 6) is 2.32. The van der Waals surface area contributed by atoms with Crippen LogP contribution in [0.3, 0.4) is 0 Å². The summed E-state index contributed by atoms with van der Waals surface area (Å²) in [7, 11) is 0.892. The molecule has 0 aliphatic heterocycles. The molecule has 0 unspecified atom stereocenters. The molecule has 0 fully saturated rings. The molecule has 7 heteroatoms. The van der Waals surface area contributed by atoms with Crippen LogP contribution in [0.1, 0.15) is 41.5 Å². The fourth-order valence-corrected chi connectivity index (χ4v) is 9.59. The zero-order valence-electron chi connectivity index (χ0n) is 23.4. The molecule has 208 valence electrons. The van der Waals surface area contributed by atoms with Crippen molar-refractivity contribution in [2.24, 2.45) is 0 Å². The van der Waals surface area contributed by atoms with Crippen molar-refractivity contribution in [3.63, 3.8) is 0 Å². The molecule has 0 amide bonds. The molecule has 0 saturated heterocycles. The summed E-state index contributed by atoms with van der Waals surface area (Å²) in [4.78, 5) is 0. The molecule has 3 aromatic carbocycles. The molecule has 37 heavy (non-hydrogen) atoms. The molecule has 0 aromatic heterocycles. The predicted molar refractivity (Wildman–Crippen MR) is 165 cm³/mol. The molecule has 0 bridgehead atoms. The molecule has 3 aromatic rings. The molecule has 0 atom stereocenters. The summed E-state index contributed by atoms with van der Waals surface area (Å²) < 4.78 is 18.0. The van der Waals surface area contributed by atoms with E-state index in [2.05, 4.69) is 41.5 Å². The van der Waals surface area contributed by atoms with Gasteiger partial charge in [0.05, 0.1) is 0 Å². The first kappa shape index (κ1) is 36.4. The van der Waals surface area contributed by atoms with Gasteiger partial charge in [0, 0.05) is 21.1 Å². The maximum atomic E-state index is 5.99. The van der Waals surface area contributed by atoms with Crippen LogP contribution in [-0.2, 0) is 21.1 Å². The molecule has 3 rings (SSSR count). The van der Waals surface area contributed by atoms with Gasteiger partial charge in [-0.25, -0.2) is 0 Å². The molecular weight excluding hydrogens is 784 g/mol. The summed E-state index contributed by atoms with van der Waals surface area (Å²) in [6, 6.07) is 28.9. The number of rotatable bonds is 12. The normalized spacial score (nSPS) is 9.97. The van der Waals surface area contributed by atoms with Crippen LogP contribution >= 0.6 is 15.8 Å². The molecule has 0 heterocycles. The summed E-state index contributed by atoms with van der Waals surface area (Å²) in [6.45, 7) is 13.7. The second-order valence-corrected chi connectivity index (χ2v) is 18.0. The summed E-state index contributed by atoms with van der Waals surface area (Å²) in [5.41, 5.74) is 0. The van der Waals surface area contributed by atoms with E-state index in [0.717, 1.165) is 17.2 Å². The second-order valence-electron chi connectivity index (χ2n) is 7.82. The van der Waals surface area contributed by atoms with Gasteiger partial charge < -0.3 is 0 Å².